The van der Waals surface area contributed by atoms with Crippen LogP contribution in [0.25, 0.3) is 0 Å². The Morgan fingerprint density at radius 3 is 2.07 bits per heavy atom. The van der Waals surface area contributed by atoms with Gasteiger partial charge in [-0.25, -0.2) is 0 Å². The lowest BCUT2D eigenvalue weighted by Gasteiger charge is -2.34. The van der Waals surface area contributed by atoms with Crippen molar-refractivity contribution >= 4 is 0 Å². The van der Waals surface area contributed by atoms with Crippen molar-refractivity contribution in [3.05, 3.63) is 35.9 Å². The van der Waals surface area contributed by atoms with E-state index >= 15 is 0 Å². The molecule has 0 bridgehead atoms. The zero-order chi connectivity index (χ0) is 11.3. The lowest BCUT2D eigenvalue weighted by molar-refractivity contribution is 0.183. The molecule has 1 aromatic rings. The summed E-state index contributed by atoms with van der Waals surface area (Å²) in [5.74, 6) is 0.759. The molecule has 1 atom stereocenters. The highest BCUT2D eigenvalue weighted by Crippen LogP contribution is 2.36. The molecule has 0 saturated carbocycles. The SMILES string of the molecule is CCC(C)(CC)C(C)Cc1ccccc1. The fourth-order valence-corrected chi connectivity index (χ4v) is 2.16. The molecule has 1 rings (SSSR count). The second-order valence-corrected chi connectivity index (χ2v) is 4.95. The van der Waals surface area contributed by atoms with Crippen LogP contribution in [0, 0.1) is 11.3 Å². The molecule has 0 saturated heterocycles. The number of benzene rings is 1. The summed E-state index contributed by atoms with van der Waals surface area (Å²) < 4.78 is 0. The molecule has 0 N–H and O–H groups in total. The molecule has 0 aliphatic rings. The Morgan fingerprint density at radius 2 is 1.60 bits per heavy atom. The summed E-state index contributed by atoms with van der Waals surface area (Å²) in [5, 5.41) is 0. The van der Waals surface area contributed by atoms with E-state index in [4.69, 9.17) is 0 Å². The van der Waals surface area contributed by atoms with Crippen molar-refractivity contribution in [1.29, 1.82) is 0 Å². The van der Waals surface area contributed by atoms with Gasteiger partial charge in [0.15, 0.2) is 0 Å². The van der Waals surface area contributed by atoms with Crippen molar-refractivity contribution in [3.63, 3.8) is 0 Å². The van der Waals surface area contributed by atoms with Gasteiger partial charge in [-0.2, -0.15) is 0 Å². The van der Waals surface area contributed by atoms with Gasteiger partial charge < -0.3 is 0 Å². The van der Waals surface area contributed by atoms with Crippen LogP contribution in [0.3, 0.4) is 0 Å². The standard InChI is InChI=1S/C15H24/c1-5-15(4,6-2)13(3)12-14-10-8-7-9-11-14/h7-11,13H,5-6,12H2,1-4H3. The minimum Gasteiger partial charge on any atom is -0.0649 e. The van der Waals surface area contributed by atoms with Crippen LogP contribution in [-0.4, -0.2) is 0 Å². The molecule has 15 heavy (non-hydrogen) atoms. The van der Waals surface area contributed by atoms with E-state index in [0.717, 1.165) is 5.92 Å². The molecule has 0 amide bonds. The van der Waals surface area contributed by atoms with Crippen LogP contribution in [0.5, 0.6) is 0 Å². The van der Waals surface area contributed by atoms with Crippen LogP contribution in [0.15, 0.2) is 30.3 Å². The van der Waals surface area contributed by atoms with E-state index in [-0.39, 0.29) is 0 Å². The van der Waals surface area contributed by atoms with Crippen LogP contribution < -0.4 is 0 Å². The largest absolute Gasteiger partial charge is 0.0649 e. The lowest BCUT2D eigenvalue weighted by Crippen LogP contribution is -2.25. The van der Waals surface area contributed by atoms with Crippen LogP contribution in [-0.2, 0) is 6.42 Å². The van der Waals surface area contributed by atoms with Crippen molar-refractivity contribution in [3.8, 4) is 0 Å². The van der Waals surface area contributed by atoms with Gasteiger partial charge in [0.2, 0.25) is 0 Å². The van der Waals surface area contributed by atoms with E-state index in [2.05, 4.69) is 58.0 Å². The molecule has 0 aliphatic heterocycles. The first-order chi connectivity index (χ1) is 7.12. The average molecular weight is 204 g/mol. The Hall–Kier alpha value is -0.780. The zero-order valence-electron chi connectivity index (χ0n) is 10.6. The molecule has 1 unspecified atom stereocenters. The van der Waals surface area contributed by atoms with E-state index in [9.17, 15) is 0 Å². The summed E-state index contributed by atoms with van der Waals surface area (Å²) in [4.78, 5) is 0. The average Bonchev–Trinajstić information content (AvgIpc) is 2.29. The molecular weight excluding hydrogens is 180 g/mol. The number of rotatable bonds is 5. The maximum Gasteiger partial charge on any atom is -0.0248 e. The first-order valence-corrected chi connectivity index (χ1v) is 6.16. The molecule has 1 aromatic carbocycles. The first-order valence-electron chi connectivity index (χ1n) is 6.16. The molecule has 0 aromatic heterocycles. The molecule has 84 valence electrons. The van der Waals surface area contributed by atoms with Gasteiger partial charge in [-0.1, -0.05) is 70.9 Å². The van der Waals surface area contributed by atoms with Crippen molar-refractivity contribution in [2.45, 2.75) is 47.0 Å². The normalized spacial score (nSPS) is 13.9. The monoisotopic (exact) mass is 204 g/mol. The highest BCUT2D eigenvalue weighted by atomic mass is 14.3. The molecule has 0 nitrogen and oxygen atoms in total. The van der Waals surface area contributed by atoms with Gasteiger partial charge in [-0.05, 0) is 23.3 Å². The molecule has 0 fully saturated rings. The second-order valence-electron chi connectivity index (χ2n) is 4.95. The van der Waals surface area contributed by atoms with E-state index in [0.29, 0.717) is 5.41 Å². The molecule has 0 aliphatic carbocycles. The number of hydrogen-bond donors (Lipinski definition) is 0. The predicted molar refractivity (Wildman–Crippen MR) is 68.0 cm³/mol. The van der Waals surface area contributed by atoms with Gasteiger partial charge >= 0.3 is 0 Å². The van der Waals surface area contributed by atoms with Crippen molar-refractivity contribution < 1.29 is 0 Å². The van der Waals surface area contributed by atoms with Crippen molar-refractivity contribution in [2.24, 2.45) is 11.3 Å². The minimum absolute atomic E-state index is 0.496. The Morgan fingerprint density at radius 1 is 1.07 bits per heavy atom. The van der Waals surface area contributed by atoms with Crippen LogP contribution in [0.1, 0.15) is 46.1 Å². The quantitative estimate of drug-likeness (QED) is 0.652. The third kappa shape index (κ3) is 3.09. The van der Waals surface area contributed by atoms with E-state index in [1.54, 1.807) is 0 Å². The van der Waals surface area contributed by atoms with Crippen LogP contribution in [0.2, 0.25) is 0 Å². The molecular formula is C15H24. The fourth-order valence-electron chi connectivity index (χ4n) is 2.16. The number of hydrogen-bond acceptors (Lipinski definition) is 0. The van der Waals surface area contributed by atoms with Gasteiger partial charge in [0, 0.05) is 0 Å². The lowest BCUT2D eigenvalue weighted by atomic mass is 9.71. The molecule has 0 spiro atoms. The van der Waals surface area contributed by atoms with E-state index in [1.807, 2.05) is 0 Å². The fraction of sp³-hybridized carbons (Fsp3) is 0.600. The van der Waals surface area contributed by atoms with Gasteiger partial charge in [0.05, 0.1) is 0 Å². The Bertz CT molecular complexity index is 269. The van der Waals surface area contributed by atoms with E-state index in [1.165, 1.54) is 24.8 Å². The summed E-state index contributed by atoms with van der Waals surface area (Å²) in [6.45, 7) is 9.43. The Labute approximate surface area is 94.7 Å². The summed E-state index contributed by atoms with van der Waals surface area (Å²) >= 11 is 0. The van der Waals surface area contributed by atoms with Crippen LogP contribution in [0.4, 0.5) is 0 Å². The summed E-state index contributed by atoms with van der Waals surface area (Å²) in [6, 6.07) is 10.8. The predicted octanol–water partition coefficient (Wildman–Crippen LogP) is 4.69. The maximum atomic E-state index is 2.42. The van der Waals surface area contributed by atoms with Gasteiger partial charge in [-0.3, -0.25) is 0 Å². The van der Waals surface area contributed by atoms with Gasteiger partial charge in [0.1, 0.15) is 0 Å². The highest BCUT2D eigenvalue weighted by Gasteiger charge is 2.26. The third-order valence-corrected chi connectivity index (χ3v) is 4.19. The summed E-state index contributed by atoms with van der Waals surface area (Å²) in [7, 11) is 0. The van der Waals surface area contributed by atoms with Crippen molar-refractivity contribution in [1.82, 2.24) is 0 Å². The van der Waals surface area contributed by atoms with Crippen molar-refractivity contribution in [2.75, 3.05) is 0 Å². The Kier molecular flexibility index (Phi) is 4.38. The van der Waals surface area contributed by atoms with Gasteiger partial charge in [0.25, 0.3) is 0 Å². The first kappa shape index (κ1) is 12.3. The molecule has 0 heteroatoms. The topological polar surface area (TPSA) is 0 Å². The van der Waals surface area contributed by atoms with E-state index < -0.39 is 0 Å². The minimum atomic E-state index is 0.496. The molecule has 0 heterocycles. The molecule has 0 radical (unpaired) electrons. The summed E-state index contributed by atoms with van der Waals surface area (Å²) in [6.07, 6.45) is 3.76. The highest BCUT2D eigenvalue weighted by molar-refractivity contribution is 5.15. The van der Waals surface area contributed by atoms with Gasteiger partial charge in [-0.15, -0.1) is 0 Å². The maximum absolute atomic E-state index is 2.42. The second kappa shape index (κ2) is 5.34. The zero-order valence-corrected chi connectivity index (χ0v) is 10.6. The van der Waals surface area contributed by atoms with Crippen LogP contribution >= 0.6 is 0 Å². The smallest absolute Gasteiger partial charge is 0.0248 e. The summed E-state index contributed by atoms with van der Waals surface area (Å²) in [5.41, 5.74) is 1.97. The Balaban J connectivity index is 2.66. The third-order valence-electron chi connectivity index (χ3n) is 4.19.